The maximum absolute atomic E-state index is 2.74. The largest absolute Gasteiger partial charge is 0.310 e. The molecule has 0 bridgehead atoms. The van der Waals surface area contributed by atoms with Gasteiger partial charge >= 0.3 is 0 Å². The molecule has 2 aliphatic heterocycles. The van der Waals surface area contributed by atoms with Crippen LogP contribution >= 0.6 is 11.8 Å². The highest BCUT2D eigenvalue weighted by molar-refractivity contribution is 8.00. The molecule has 14 aromatic rings. The Morgan fingerprint density at radius 1 is 0.375 bits per heavy atom. The number of unbranched alkanes of at least 4 members (excludes halogenated alkanes) is 4. The third kappa shape index (κ3) is 9.21. The van der Waals surface area contributed by atoms with Crippen LogP contribution in [0.3, 0.4) is 0 Å². The van der Waals surface area contributed by atoms with Crippen molar-refractivity contribution in [3.05, 3.63) is 278 Å². The van der Waals surface area contributed by atoms with Crippen molar-refractivity contribution in [1.29, 1.82) is 0 Å². The number of benzene rings is 12. The highest BCUT2D eigenvalue weighted by atomic mass is 32.2. The summed E-state index contributed by atoms with van der Waals surface area (Å²) in [5.41, 5.74) is 27.0. The minimum atomic E-state index is -0.167. The summed E-state index contributed by atoms with van der Waals surface area (Å²) in [7, 11) is 0. The number of aromatic nitrogens is 2. The van der Waals surface area contributed by atoms with E-state index in [0.717, 1.165) is 18.5 Å². The lowest BCUT2D eigenvalue weighted by molar-refractivity contribution is 0.591. The van der Waals surface area contributed by atoms with Gasteiger partial charge in [-0.15, -0.1) is 0 Å². The zero-order chi connectivity index (χ0) is 59.0. The molecule has 12 aromatic carbocycles. The molecule has 2 aliphatic rings. The third-order valence-corrected chi connectivity index (χ3v) is 20.0. The molecule has 4 heterocycles. The first kappa shape index (κ1) is 53.9. The standard InChI is InChI=1S/C83H68BN3S/c1-5-6-7-8-11-24-55-49-78-81-80(50-55)88-79-54-64(86-75-35-22-18-31-67(75)68-32-19-23-36-76(68)86)46-48-72(79)84(81)71-47-45-63(85-73-33-20-16-29-65(73)66-30-17-21-34-74(66)85)53-77(71)87(78)82-69(60-41-37-58(38-42-60)56-25-12-9-13-26-56)51-62(83(2,3)4)52-70(82)61-43-39-59(40-44-61)57-27-14-10-15-28-57/h9-10,12-23,25-54H,5-8,11,24H2,1-4H3. The van der Waals surface area contributed by atoms with Gasteiger partial charge in [-0.2, -0.15) is 0 Å². The van der Waals surface area contributed by atoms with Crippen LogP contribution in [0.15, 0.2) is 277 Å². The number of hydrogen-bond donors (Lipinski definition) is 0. The number of aryl methyl sites for hydroxylation is 1. The van der Waals surface area contributed by atoms with Gasteiger partial charge in [-0.1, -0.05) is 265 Å². The number of para-hydroxylation sites is 4. The van der Waals surface area contributed by atoms with Crippen molar-refractivity contribution in [2.24, 2.45) is 0 Å². The van der Waals surface area contributed by atoms with Crippen molar-refractivity contribution < 1.29 is 0 Å². The maximum Gasteiger partial charge on any atom is 0.249 e. The predicted octanol–water partition coefficient (Wildman–Crippen LogP) is 21.1. The number of anilines is 3. The van der Waals surface area contributed by atoms with Crippen LogP contribution in [0.1, 0.15) is 70.9 Å². The normalized spacial score (nSPS) is 12.7. The van der Waals surface area contributed by atoms with Crippen LogP contribution in [-0.2, 0) is 11.8 Å². The first-order valence-corrected chi connectivity index (χ1v) is 32.5. The van der Waals surface area contributed by atoms with E-state index in [1.165, 1.54) is 174 Å². The molecule has 0 aliphatic carbocycles. The molecule has 5 heteroatoms. The van der Waals surface area contributed by atoms with E-state index < -0.39 is 0 Å². The van der Waals surface area contributed by atoms with Crippen LogP contribution < -0.4 is 21.3 Å². The van der Waals surface area contributed by atoms with Gasteiger partial charge in [0.2, 0.25) is 6.71 Å². The summed E-state index contributed by atoms with van der Waals surface area (Å²) in [6.07, 6.45) is 7.13. The molecule has 0 saturated carbocycles. The Kier molecular flexibility index (Phi) is 13.5. The first-order valence-electron chi connectivity index (χ1n) is 31.7. The average molecular weight is 1150 g/mol. The SMILES string of the molecule is CCCCCCCc1cc2c3c(c1)N(c1c(-c4ccc(-c5ccccc5)cc4)cc(C(C)(C)C)cc1-c1ccc(-c4ccccc4)cc1)c1cc(-n4c5ccccc5c5ccccc54)ccc1B3c1ccc(-n3c4ccccc4c4ccccc43)cc1S2. The predicted molar refractivity (Wildman–Crippen MR) is 378 cm³/mol. The van der Waals surface area contributed by atoms with E-state index in [9.17, 15) is 0 Å². The smallest absolute Gasteiger partial charge is 0.249 e. The van der Waals surface area contributed by atoms with E-state index in [2.05, 4.69) is 309 Å². The van der Waals surface area contributed by atoms with Crippen molar-refractivity contribution in [2.45, 2.75) is 81.4 Å². The van der Waals surface area contributed by atoms with Gasteiger partial charge in [-0.05, 0) is 146 Å². The summed E-state index contributed by atoms with van der Waals surface area (Å²) in [4.78, 5) is 5.39. The summed E-state index contributed by atoms with van der Waals surface area (Å²) >= 11 is 1.97. The van der Waals surface area contributed by atoms with Crippen LogP contribution in [0.5, 0.6) is 0 Å². The Balaban J connectivity index is 0.994. The van der Waals surface area contributed by atoms with Gasteiger partial charge < -0.3 is 14.0 Å². The molecular formula is C83H68BN3S. The lowest BCUT2D eigenvalue weighted by Gasteiger charge is -2.42. The van der Waals surface area contributed by atoms with Crippen LogP contribution in [0, 0.1) is 0 Å². The molecule has 0 amide bonds. The van der Waals surface area contributed by atoms with Gasteiger partial charge in [-0.3, -0.25) is 0 Å². The molecule has 16 rings (SSSR count). The minimum absolute atomic E-state index is 0.0402. The van der Waals surface area contributed by atoms with Crippen LogP contribution in [0.25, 0.3) is 99.5 Å². The van der Waals surface area contributed by atoms with Crippen LogP contribution in [0.2, 0.25) is 0 Å². The molecule has 0 fully saturated rings. The van der Waals surface area contributed by atoms with E-state index in [1.807, 2.05) is 11.8 Å². The summed E-state index contributed by atoms with van der Waals surface area (Å²) < 4.78 is 4.99. The Bertz CT molecular complexity index is 4780. The lowest BCUT2D eigenvalue weighted by atomic mass is 9.34. The molecule has 0 unspecified atom stereocenters. The minimum Gasteiger partial charge on any atom is -0.310 e. The van der Waals surface area contributed by atoms with Crippen molar-refractivity contribution in [3.8, 4) is 55.9 Å². The molecular weight excluding hydrogens is 1080 g/mol. The Morgan fingerprint density at radius 3 is 1.32 bits per heavy atom. The summed E-state index contributed by atoms with van der Waals surface area (Å²) in [6.45, 7) is 9.38. The maximum atomic E-state index is 2.74. The van der Waals surface area contributed by atoms with Gasteiger partial charge in [0.15, 0.2) is 0 Å². The van der Waals surface area contributed by atoms with Gasteiger partial charge in [0.05, 0.1) is 27.8 Å². The zero-order valence-corrected chi connectivity index (χ0v) is 51.3. The second kappa shape index (κ2) is 22.0. The Morgan fingerprint density at radius 2 is 0.818 bits per heavy atom. The molecule has 0 saturated heterocycles. The number of nitrogens with zero attached hydrogens (tertiary/aromatic N) is 3. The van der Waals surface area contributed by atoms with Gasteiger partial charge in [0.25, 0.3) is 0 Å². The zero-order valence-electron chi connectivity index (χ0n) is 50.5. The van der Waals surface area contributed by atoms with Crippen LogP contribution in [0.4, 0.5) is 17.1 Å². The van der Waals surface area contributed by atoms with E-state index >= 15 is 0 Å². The molecule has 424 valence electrons. The molecule has 2 aromatic heterocycles. The van der Waals surface area contributed by atoms with Crippen LogP contribution in [-0.4, -0.2) is 15.8 Å². The monoisotopic (exact) mass is 1150 g/mol. The molecule has 0 radical (unpaired) electrons. The van der Waals surface area contributed by atoms with E-state index in [4.69, 9.17) is 0 Å². The second-order valence-corrected chi connectivity index (χ2v) is 26.4. The van der Waals surface area contributed by atoms with Crippen molar-refractivity contribution >= 4 is 95.5 Å². The molecule has 88 heavy (non-hydrogen) atoms. The fraction of sp³-hybridized carbons (Fsp3) is 0.133. The molecule has 0 N–H and O–H groups in total. The number of hydrogen-bond acceptors (Lipinski definition) is 2. The average Bonchev–Trinajstić information content (AvgIpc) is 1.18. The molecule has 0 atom stereocenters. The van der Waals surface area contributed by atoms with Gasteiger partial charge in [0, 0.05) is 65.2 Å². The van der Waals surface area contributed by atoms with Gasteiger partial charge in [-0.25, -0.2) is 0 Å². The van der Waals surface area contributed by atoms with E-state index in [1.54, 1.807) is 0 Å². The summed E-state index contributed by atoms with van der Waals surface area (Å²) in [6, 6.07) is 101. The topological polar surface area (TPSA) is 13.1 Å². The summed E-state index contributed by atoms with van der Waals surface area (Å²) in [5, 5.41) is 5.06. The van der Waals surface area contributed by atoms with Crippen molar-refractivity contribution in [2.75, 3.05) is 4.90 Å². The van der Waals surface area contributed by atoms with E-state index in [0.29, 0.717) is 0 Å². The molecule has 0 spiro atoms. The second-order valence-electron chi connectivity index (χ2n) is 25.3. The first-order chi connectivity index (χ1) is 43.3. The third-order valence-electron chi connectivity index (χ3n) is 18.9. The van der Waals surface area contributed by atoms with Crippen molar-refractivity contribution in [3.63, 3.8) is 0 Å². The fourth-order valence-corrected chi connectivity index (χ4v) is 15.7. The number of rotatable bonds is 13. The highest BCUT2D eigenvalue weighted by Crippen LogP contribution is 2.52. The summed E-state index contributed by atoms with van der Waals surface area (Å²) in [5.74, 6) is 0. The highest BCUT2D eigenvalue weighted by Gasteiger charge is 2.43. The fourth-order valence-electron chi connectivity index (χ4n) is 14.5. The lowest BCUT2D eigenvalue weighted by Crippen LogP contribution is -2.60. The van der Waals surface area contributed by atoms with E-state index in [-0.39, 0.29) is 12.1 Å². The Labute approximate surface area is 521 Å². The molecule has 3 nitrogen and oxygen atoms in total. The van der Waals surface area contributed by atoms with Gasteiger partial charge in [0.1, 0.15) is 0 Å². The Hall–Kier alpha value is -9.55. The number of fused-ring (bicyclic) bond motifs is 10. The quantitative estimate of drug-likeness (QED) is 0.0843. The van der Waals surface area contributed by atoms with Crippen molar-refractivity contribution in [1.82, 2.24) is 9.13 Å².